The Morgan fingerprint density at radius 3 is 2.68 bits per heavy atom. The van der Waals surface area contributed by atoms with Gasteiger partial charge in [0, 0.05) is 18.8 Å². The fraction of sp³-hybridized carbons (Fsp3) is 0.231. The van der Waals surface area contributed by atoms with Crippen molar-refractivity contribution in [2.45, 2.75) is 13.8 Å². The minimum Gasteiger partial charge on any atom is -0.338 e. The van der Waals surface area contributed by atoms with Crippen LogP contribution in [-0.2, 0) is 7.05 Å². The molecule has 0 spiro atoms. The van der Waals surface area contributed by atoms with Gasteiger partial charge < -0.3 is 4.98 Å². The summed E-state index contributed by atoms with van der Waals surface area (Å²) >= 11 is 3.17. The Balaban J connectivity index is 2.26. The van der Waals surface area contributed by atoms with Gasteiger partial charge in [-0.05, 0) is 35.8 Å². The summed E-state index contributed by atoms with van der Waals surface area (Å²) in [5, 5.41) is 4.37. The van der Waals surface area contributed by atoms with Gasteiger partial charge in [-0.3, -0.25) is 4.68 Å². The van der Waals surface area contributed by atoms with E-state index in [1.165, 1.54) is 6.07 Å². The van der Waals surface area contributed by atoms with Crippen molar-refractivity contribution < 1.29 is 4.39 Å². The highest BCUT2D eigenvalue weighted by molar-refractivity contribution is 9.10. The highest BCUT2D eigenvalue weighted by Crippen LogP contribution is 2.28. The Morgan fingerprint density at radius 2 is 2.05 bits per heavy atom. The second-order valence-corrected chi connectivity index (χ2v) is 5.39. The fourth-order valence-electron chi connectivity index (χ4n) is 2.24. The Bertz CT molecular complexity index is 749. The molecule has 6 heteroatoms. The number of aryl methyl sites for hydroxylation is 2. The van der Waals surface area contributed by atoms with Gasteiger partial charge in [0.2, 0.25) is 0 Å². The molecule has 2 heterocycles. The molecule has 2 aromatic heterocycles. The number of nitrogens with one attached hydrogen (secondary N) is 1. The quantitative estimate of drug-likeness (QED) is 0.745. The monoisotopic (exact) mass is 322 g/mol. The summed E-state index contributed by atoms with van der Waals surface area (Å²) in [6.07, 6.45) is 0. The lowest BCUT2D eigenvalue weighted by Crippen LogP contribution is -1.92. The second kappa shape index (κ2) is 4.16. The summed E-state index contributed by atoms with van der Waals surface area (Å²) in [6, 6.07) is 3.11. The molecule has 0 unspecified atom stereocenters. The number of imidazole rings is 1. The van der Waals surface area contributed by atoms with E-state index in [9.17, 15) is 4.39 Å². The maximum atomic E-state index is 13.5. The van der Waals surface area contributed by atoms with Gasteiger partial charge in [-0.15, -0.1) is 0 Å². The van der Waals surface area contributed by atoms with E-state index in [0.29, 0.717) is 9.99 Å². The zero-order valence-corrected chi connectivity index (χ0v) is 12.3. The smallest absolute Gasteiger partial charge is 0.142 e. The maximum absolute atomic E-state index is 13.5. The van der Waals surface area contributed by atoms with Crippen LogP contribution < -0.4 is 0 Å². The number of aromatic nitrogens is 4. The molecular formula is C13H12BrFN4. The molecular weight excluding hydrogens is 311 g/mol. The van der Waals surface area contributed by atoms with E-state index in [2.05, 4.69) is 31.0 Å². The number of rotatable bonds is 1. The summed E-state index contributed by atoms with van der Waals surface area (Å²) in [5.74, 6) is 0.415. The zero-order chi connectivity index (χ0) is 13.7. The van der Waals surface area contributed by atoms with Gasteiger partial charge in [0.25, 0.3) is 0 Å². The maximum Gasteiger partial charge on any atom is 0.142 e. The third kappa shape index (κ3) is 1.87. The summed E-state index contributed by atoms with van der Waals surface area (Å²) in [6.45, 7) is 3.92. The summed E-state index contributed by atoms with van der Waals surface area (Å²) in [5.41, 5.74) is 4.30. The number of benzene rings is 1. The summed E-state index contributed by atoms with van der Waals surface area (Å²) in [4.78, 5) is 7.66. The third-order valence-electron chi connectivity index (χ3n) is 3.27. The molecule has 1 N–H and O–H groups in total. The van der Waals surface area contributed by atoms with Gasteiger partial charge in [0.05, 0.1) is 26.8 Å². The van der Waals surface area contributed by atoms with E-state index in [1.54, 1.807) is 6.07 Å². The molecule has 0 saturated carbocycles. The summed E-state index contributed by atoms with van der Waals surface area (Å²) in [7, 11) is 1.89. The first kappa shape index (κ1) is 12.3. The van der Waals surface area contributed by atoms with Crippen molar-refractivity contribution in [1.29, 1.82) is 0 Å². The van der Waals surface area contributed by atoms with Crippen LogP contribution in [0.25, 0.3) is 22.4 Å². The van der Waals surface area contributed by atoms with E-state index in [-0.39, 0.29) is 5.82 Å². The lowest BCUT2D eigenvalue weighted by atomic mass is 10.2. The molecule has 0 fully saturated rings. The Hall–Kier alpha value is -1.69. The number of aromatic amines is 1. The van der Waals surface area contributed by atoms with E-state index in [0.717, 1.165) is 28.3 Å². The first-order chi connectivity index (χ1) is 8.97. The number of H-pyrrole nitrogens is 1. The van der Waals surface area contributed by atoms with Crippen LogP contribution in [0.4, 0.5) is 4.39 Å². The van der Waals surface area contributed by atoms with Gasteiger partial charge in [-0.1, -0.05) is 0 Å². The SMILES string of the molecule is Cc1nn(C)c(C)c1-c1nc2cc(Br)c(F)cc2[nH]1. The van der Waals surface area contributed by atoms with Crippen LogP contribution in [0.1, 0.15) is 11.4 Å². The van der Waals surface area contributed by atoms with Crippen molar-refractivity contribution in [2.75, 3.05) is 0 Å². The van der Waals surface area contributed by atoms with E-state index in [1.807, 2.05) is 25.6 Å². The van der Waals surface area contributed by atoms with Gasteiger partial charge in [0.15, 0.2) is 0 Å². The molecule has 4 nitrogen and oxygen atoms in total. The molecule has 0 aliphatic heterocycles. The van der Waals surface area contributed by atoms with E-state index in [4.69, 9.17) is 0 Å². The average Bonchev–Trinajstić information content (AvgIpc) is 2.82. The third-order valence-corrected chi connectivity index (χ3v) is 3.88. The predicted molar refractivity (Wildman–Crippen MR) is 75.4 cm³/mol. The van der Waals surface area contributed by atoms with Gasteiger partial charge in [0.1, 0.15) is 11.6 Å². The van der Waals surface area contributed by atoms with Crippen molar-refractivity contribution in [3.8, 4) is 11.4 Å². The highest BCUT2D eigenvalue weighted by Gasteiger charge is 2.16. The zero-order valence-electron chi connectivity index (χ0n) is 10.8. The van der Waals surface area contributed by atoms with Crippen molar-refractivity contribution in [3.05, 3.63) is 33.8 Å². The molecule has 98 valence electrons. The van der Waals surface area contributed by atoms with Gasteiger partial charge >= 0.3 is 0 Å². The molecule has 3 aromatic rings. The predicted octanol–water partition coefficient (Wildman–Crippen LogP) is 3.48. The molecule has 3 rings (SSSR count). The van der Waals surface area contributed by atoms with Crippen molar-refractivity contribution >= 4 is 27.0 Å². The molecule has 0 radical (unpaired) electrons. The van der Waals surface area contributed by atoms with Crippen LogP contribution in [0, 0.1) is 19.7 Å². The van der Waals surface area contributed by atoms with Crippen LogP contribution in [0.5, 0.6) is 0 Å². The van der Waals surface area contributed by atoms with E-state index >= 15 is 0 Å². The number of nitrogens with zero attached hydrogens (tertiary/aromatic N) is 3. The molecule has 0 aliphatic carbocycles. The number of fused-ring (bicyclic) bond motifs is 1. The molecule has 0 saturated heterocycles. The normalized spacial score (nSPS) is 11.4. The topological polar surface area (TPSA) is 46.5 Å². The van der Waals surface area contributed by atoms with Gasteiger partial charge in [-0.25, -0.2) is 9.37 Å². The van der Waals surface area contributed by atoms with Crippen LogP contribution >= 0.6 is 15.9 Å². The molecule has 19 heavy (non-hydrogen) atoms. The molecule has 0 amide bonds. The second-order valence-electron chi connectivity index (χ2n) is 4.54. The Morgan fingerprint density at radius 1 is 1.32 bits per heavy atom. The van der Waals surface area contributed by atoms with Crippen molar-refractivity contribution in [1.82, 2.24) is 19.7 Å². The van der Waals surface area contributed by atoms with E-state index < -0.39 is 0 Å². The summed E-state index contributed by atoms with van der Waals surface area (Å²) < 4.78 is 15.7. The first-order valence-corrected chi connectivity index (χ1v) is 6.62. The van der Waals surface area contributed by atoms with Gasteiger partial charge in [-0.2, -0.15) is 5.10 Å². The van der Waals surface area contributed by atoms with Crippen LogP contribution in [0.3, 0.4) is 0 Å². The minimum absolute atomic E-state index is 0.303. The lowest BCUT2D eigenvalue weighted by molar-refractivity contribution is 0.623. The molecule has 1 aromatic carbocycles. The van der Waals surface area contributed by atoms with Crippen LogP contribution in [-0.4, -0.2) is 19.7 Å². The number of hydrogen-bond donors (Lipinski definition) is 1. The molecule has 0 atom stereocenters. The molecule has 0 aliphatic rings. The average molecular weight is 323 g/mol. The molecule has 0 bridgehead atoms. The number of hydrogen-bond acceptors (Lipinski definition) is 2. The number of halogens is 2. The fourth-order valence-corrected chi connectivity index (χ4v) is 2.57. The van der Waals surface area contributed by atoms with Crippen molar-refractivity contribution in [2.24, 2.45) is 7.05 Å². The minimum atomic E-state index is -0.303. The first-order valence-electron chi connectivity index (χ1n) is 5.82. The lowest BCUT2D eigenvalue weighted by Gasteiger charge is -1.96. The Labute approximate surface area is 117 Å². The van der Waals surface area contributed by atoms with Crippen molar-refractivity contribution in [3.63, 3.8) is 0 Å². The standard InChI is InChI=1S/C13H12BrFN4/c1-6-12(7(2)19(3)18-6)13-16-10-4-8(14)9(15)5-11(10)17-13/h4-5H,1-3H3,(H,16,17). The highest BCUT2D eigenvalue weighted by atomic mass is 79.9. The Kier molecular flexibility index (Phi) is 2.70. The largest absolute Gasteiger partial charge is 0.338 e. The van der Waals surface area contributed by atoms with Crippen LogP contribution in [0.15, 0.2) is 16.6 Å². The van der Waals surface area contributed by atoms with Crippen LogP contribution in [0.2, 0.25) is 0 Å².